The van der Waals surface area contributed by atoms with Crippen LogP contribution in [-0.4, -0.2) is 30.3 Å². The fourth-order valence-electron chi connectivity index (χ4n) is 2.78. The monoisotopic (exact) mass is 281 g/mol. The van der Waals surface area contributed by atoms with Gasteiger partial charge in [0.25, 0.3) is 0 Å². The van der Waals surface area contributed by atoms with Crippen molar-refractivity contribution < 1.29 is 13.6 Å². The van der Waals surface area contributed by atoms with Crippen LogP contribution >= 0.6 is 0 Å². The molecule has 0 saturated carbocycles. The third kappa shape index (κ3) is 3.63. The summed E-state index contributed by atoms with van der Waals surface area (Å²) in [6.07, 6.45) is 2.13. The Bertz CT molecular complexity index is 479. The molecule has 0 aromatic heterocycles. The molecule has 110 valence electrons. The summed E-state index contributed by atoms with van der Waals surface area (Å²) in [7, 11) is 0. The zero-order chi connectivity index (χ0) is 14.7. The minimum Gasteiger partial charge on any atom is -0.296 e. The number of carbonyl (C=O) groups excluding carboxylic acids is 1. The SMILES string of the molecule is CC(C)C1CCN(CC(=O)c2cc(F)ccc2F)CC1. The molecular weight excluding hydrogens is 260 g/mol. The molecule has 20 heavy (non-hydrogen) atoms. The van der Waals surface area contributed by atoms with Gasteiger partial charge in [-0.2, -0.15) is 0 Å². The van der Waals surface area contributed by atoms with Gasteiger partial charge in [-0.15, -0.1) is 0 Å². The fraction of sp³-hybridized carbons (Fsp3) is 0.562. The Kier molecular flexibility index (Phi) is 4.86. The highest BCUT2D eigenvalue weighted by molar-refractivity contribution is 5.97. The van der Waals surface area contributed by atoms with E-state index >= 15 is 0 Å². The van der Waals surface area contributed by atoms with Gasteiger partial charge < -0.3 is 0 Å². The van der Waals surface area contributed by atoms with Crippen LogP contribution in [0.1, 0.15) is 37.0 Å². The van der Waals surface area contributed by atoms with Crippen molar-refractivity contribution in [2.45, 2.75) is 26.7 Å². The van der Waals surface area contributed by atoms with Crippen molar-refractivity contribution in [2.24, 2.45) is 11.8 Å². The van der Waals surface area contributed by atoms with E-state index < -0.39 is 11.6 Å². The van der Waals surface area contributed by atoms with Gasteiger partial charge in [0.15, 0.2) is 5.78 Å². The number of benzene rings is 1. The number of likely N-dealkylation sites (tertiary alicyclic amines) is 1. The molecule has 0 bridgehead atoms. The molecule has 0 N–H and O–H groups in total. The van der Waals surface area contributed by atoms with Crippen LogP contribution in [0.25, 0.3) is 0 Å². The van der Waals surface area contributed by atoms with Crippen molar-refractivity contribution in [3.63, 3.8) is 0 Å². The highest BCUT2D eigenvalue weighted by Crippen LogP contribution is 2.24. The van der Waals surface area contributed by atoms with Gasteiger partial charge in [0.2, 0.25) is 0 Å². The normalized spacial score (nSPS) is 17.6. The summed E-state index contributed by atoms with van der Waals surface area (Å²) in [6, 6.07) is 3.02. The molecule has 1 aliphatic heterocycles. The number of piperidine rings is 1. The Morgan fingerprint density at radius 3 is 2.55 bits per heavy atom. The van der Waals surface area contributed by atoms with Crippen LogP contribution in [0.15, 0.2) is 18.2 Å². The van der Waals surface area contributed by atoms with Crippen LogP contribution < -0.4 is 0 Å². The average Bonchev–Trinajstić information content (AvgIpc) is 2.42. The predicted octanol–water partition coefficient (Wildman–Crippen LogP) is 3.52. The van der Waals surface area contributed by atoms with E-state index in [0.717, 1.165) is 44.1 Å². The van der Waals surface area contributed by atoms with Gasteiger partial charge in [-0.3, -0.25) is 9.69 Å². The summed E-state index contributed by atoms with van der Waals surface area (Å²) in [5.41, 5.74) is -0.143. The lowest BCUT2D eigenvalue weighted by Gasteiger charge is -2.33. The Morgan fingerprint density at radius 1 is 1.30 bits per heavy atom. The summed E-state index contributed by atoms with van der Waals surface area (Å²) < 4.78 is 26.6. The lowest BCUT2D eigenvalue weighted by atomic mass is 9.86. The van der Waals surface area contributed by atoms with E-state index in [4.69, 9.17) is 0 Å². The van der Waals surface area contributed by atoms with Gasteiger partial charge in [-0.1, -0.05) is 13.8 Å². The van der Waals surface area contributed by atoms with Crippen molar-refractivity contribution in [2.75, 3.05) is 19.6 Å². The first-order valence-electron chi connectivity index (χ1n) is 7.18. The van der Waals surface area contributed by atoms with Crippen LogP contribution in [0, 0.1) is 23.5 Å². The van der Waals surface area contributed by atoms with Gasteiger partial charge >= 0.3 is 0 Å². The maximum absolute atomic E-state index is 13.5. The summed E-state index contributed by atoms with van der Waals surface area (Å²) in [5.74, 6) is -0.201. The van der Waals surface area contributed by atoms with E-state index in [1.54, 1.807) is 0 Å². The van der Waals surface area contributed by atoms with E-state index in [9.17, 15) is 13.6 Å². The van der Waals surface area contributed by atoms with Crippen molar-refractivity contribution in [3.05, 3.63) is 35.4 Å². The molecule has 0 aliphatic carbocycles. The van der Waals surface area contributed by atoms with E-state index in [1.165, 1.54) is 0 Å². The molecule has 1 aliphatic rings. The number of hydrogen-bond donors (Lipinski definition) is 0. The predicted molar refractivity (Wildman–Crippen MR) is 74.7 cm³/mol. The molecule has 1 saturated heterocycles. The smallest absolute Gasteiger partial charge is 0.179 e. The van der Waals surface area contributed by atoms with Crippen molar-refractivity contribution >= 4 is 5.78 Å². The summed E-state index contributed by atoms with van der Waals surface area (Å²) in [4.78, 5) is 14.1. The van der Waals surface area contributed by atoms with Gasteiger partial charge in [-0.25, -0.2) is 8.78 Å². The van der Waals surface area contributed by atoms with Crippen molar-refractivity contribution in [3.8, 4) is 0 Å². The van der Waals surface area contributed by atoms with Crippen LogP contribution in [0.4, 0.5) is 8.78 Å². The van der Waals surface area contributed by atoms with Crippen LogP contribution in [0.3, 0.4) is 0 Å². The molecule has 1 aromatic carbocycles. The molecule has 2 nitrogen and oxygen atoms in total. The molecule has 2 rings (SSSR count). The molecular formula is C16H21F2NO. The molecule has 0 radical (unpaired) electrons. The number of nitrogens with zero attached hydrogens (tertiary/aromatic N) is 1. The maximum Gasteiger partial charge on any atom is 0.179 e. The van der Waals surface area contributed by atoms with Crippen LogP contribution in [-0.2, 0) is 0 Å². The first kappa shape index (κ1) is 15.1. The molecule has 0 atom stereocenters. The van der Waals surface area contributed by atoms with Gasteiger partial charge in [0, 0.05) is 0 Å². The number of rotatable bonds is 4. The minimum absolute atomic E-state index is 0.143. The lowest BCUT2D eigenvalue weighted by Crippen LogP contribution is -2.38. The second kappa shape index (κ2) is 6.44. The maximum atomic E-state index is 13.5. The second-order valence-corrected chi connectivity index (χ2v) is 5.90. The largest absolute Gasteiger partial charge is 0.296 e. The number of halogens is 2. The minimum atomic E-state index is -0.645. The topological polar surface area (TPSA) is 20.3 Å². The molecule has 1 aromatic rings. The van der Waals surface area contributed by atoms with E-state index in [1.807, 2.05) is 4.90 Å². The first-order chi connectivity index (χ1) is 9.47. The number of hydrogen-bond acceptors (Lipinski definition) is 2. The zero-order valence-electron chi connectivity index (χ0n) is 12.0. The third-order valence-corrected chi connectivity index (χ3v) is 4.17. The van der Waals surface area contributed by atoms with E-state index in [0.29, 0.717) is 11.8 Å². The third-order valence-electron chi connectivity index (χ3n) is 4.17. The van der Waals surface area contributed by atoms with E-state index in [-0.39, 0.29) is 17.9 Å². The Hall–Kier alpha value is -1.29. The number of carbonyl (C=O) groups is 1. The molecule has 1 fully saturated rings. The highest BCUT2D eigenvalue weighted by atomic mass is 19.1. The summed E-state index contributed by atoms with van der Waals surface area (Å²) >= 11 is 0. The van der Waals surface area contributed by atoms with E-state index in [2.05, 4.69) is 13.8 Å². The first-order valence-corrected chi connectivity index (χ1v) is 7.18. The Morgan fingerprint density at radius 2 is 1.95 bits per heavy atom. The number of ketones is 1. The van der Waals surface area contributed by atoms with Gasteiger partial charge in [-0.05, 0) is 56.0 Å². The Labute approximate surface area is 118 Å². The Balaban J connectivity index is 1.94. The zero-order valence-corrected chi connectivity index (χ0v) is 12.0. The van der Waals surface area contributed by atoms with Gasteiger partial charge in [0.1, 0.15) is 11.6 Å². The van der Waals surface area contributed by atoms with Crippen molar-refractivity contribution in [1.29, 1.82) is 0 Å². The van der Waals surface area contributed by atoms with Crippen molar-refractivity contribution in [1.82, 2.24) is 4.90 Å². The second-order valence-electron chi connectivity index (χ2n) is 5.90. The fourth-order valence-corrected chi connectivity index (χ4v) is 2.78. The molecule has 0 amide bonds. The summed E-state index contributed by atoms with van der Waals surface area (Å²) in [5, 5.41) is 0. The summed E-state index contributed by atoms with van der Waals surface area (Å²) in [6.45, 7) is 6.31. The molecule has 4 heteroatoms. The molecule has 0 spiro atoms. The standard InChI is InChI=1S/C16H21F2NO/c1-11(2)12-5-7-19(8-6-12)10-16(20)14-9-13(17)3-4-15(14)18/h3-4,9,11-12H,5-8,10H2,1-2H3. The highest BCUT2D eigenvalue weighted by Gasteiger charge is 2.24. The van der Waals surface area contributed by atoms with Gasteiger partial charge in [0.05, 0.1) is 12.1 Å². The average molecular weight is 281 g/mol. The molecule has 0 unspecified atom stereocenters. The van der Waals surface area contributed by atoms with Crippen LogP contribution in [0.2, 0.25) is 0 Å². The number of Topliss-reactive ketones (excluding diaryl/α,β-unsaturated/α-hetero) is 1. The molecule has 1 heterocycles. The quantitative estimate of drug-likeness (QED) is 0.787. The lowest BCUT2D eigenvalue weighted by molar-refractivity contribution is 0.0875. The van der Waals surface area contributed by atoms with Crippen LogP contribution in [0.5, 0.6) is 0 Å².